The van der Waals surface area contributed by atoms with Gasteiger partial charge in [-0.2, -0.15) is 5.10 Å². The van der Waals surface area contributed by atoms with Gasteiger partial charge in [-0.1, -0.05) is 12.1 Å². The molecule has 0 saturated carbocycles. The van der Waals surface area contributed by atoms with Crippen LogP contribution in [-0.4, -0.2) is 38.1 Å². The van der Waals surface area contributed by atoms with Crippen LogP contribution in [0.5, 0.6) is 0 Å². The molecule has 186 valence electrons. The minimum absolute atomic E-state index is 0.0577. The van der Waals surface area contributed by atoms with Gasteiger partial charge in [0, 0.05) is 44.4 Å². The van der Waals surface area contributed by atoms with Gasteiger partial charge in [0.15, 0.2) is 0 Å². The van der Waals surface area contributed by atoms with Crippen molar-refractivity contribution in [3.05, 3.63) is 106 Å². The Bertz CT molecular complexity index is 1390. The largest absolute Gasteiger partial charge is 0.467 e. The van der Waals surface area contributed by atoms with Crippen LogP contribution in [0.25, 0.3) is 5.69 Å². The number of amides is 2. The number of hydrogen-bond donors (Lipinski definition) is 1. The van der Waals surface area contributed by atoms with E-state index in [1.165, 1.54) is 23.6 Å². The lowest BCUT2D eigenvalue weighted by Crippen LogP contribution is -2.37. The Kier molecular flexibility index (Phi) is 7.19. The highest BCUT2D eigenvalue weighted by atomic mass is 16.3. The molecule has 36 heavy (non-hydrogen) atoms. The molecule has 0 aliphatic carbocycles. The molecule has 0 aliphatic rings. The van der Waals surface area contributed by atoms with Gasteiger partial charge in [0.1, 0.15) is 16.9 Å². The number of furan rings is 1. The highest BCUT2D eigenvalue weighted by Gasteiger charge is 2.24. The van der Waals surface area contributed by atoms with Gasteiger partial charge in [-0.25, -0.2) is 4.68 Å². The number of nitrogens with one attached hydrogen (secondary N) is 1. The van der Waals surface area contributed by atoms with Crippen molar-refractivity contribution in [2.24, 2.45) is 0 Å². The number of aromatic nitrogens is 3. The Morgan fingerprint density at radius 2 is 1.78 bits per heavy atom. The van der Waals surface area contributed by atoms with Gasteiger partial charge in [-0.3, -0.25) is 14.4 Å². The molecular weight excluding hydrogens is 458 g/mol. The topological polar surface area (TPSA) is 102 Å². The third-order valence-electron chi connectivity index (χ3n) is 5.91. The maximum atomic E-state index is 13.3. The number of nitrogens with zero attached hydrogens (tertiary/aromatic N) is 4. The zero-order valence-corrected chi connectivity index (χ0v) is 20.7. The van der Waals surface area contributed by atoms with Crippen molar-refractivity contribution in [1.29, 1.82) is 0 Å². The Morgan fingerprint density at radius 3 is 2.39 bits per heavy atom. The van der Waals surface area contributed by atoms with Crippen LogP contribution in [0.4, 0.5) is 0 Å². The lowest BCUT2D eigenvalue weighted by atomic mass is 10.1. The maximum absolute atomic E-state index is 13.3. The molecule has 0 spiro atoms. The van der Waals surface area contributed by atoms with E-state index < -0.39 is 23.3 Å². The summed E-state index contributed by atoms with van der Waals surface area (Å²) in [6.07, 6.45) is 8.07. The van der Waals surface area contributed by atoms with E-state index in [9.17, 15) is 14.4 Å². The van der Waals surface area contributed by atoms with Crippen LogP contribution >= 0.6 is 0 Å². The molecule has 3 aromatic heterocycles. The molecular formula is C27H29N5O4. The third kappa shape index (κ3) is 5.30. The monoisotopic (exact) mass is 487 g/mol. The predicted octanol–water partition coefficient (Wildman–Crippen LogP) is 3.97. The van der Waals surface area contributed by atoms with Crippen molar-refractivity contribution in [3.63, 3.8) is 0 Å². The minimum atomic E-state index is -0.609. The summed E-state index contributed by atoms with van der Waals surface area (Å²) in [5.41, 5.74) is 1.04. The second-order valence-corrected chi connectivity index (χ2v) is 8.94. The molecule has 2 amide bonds. The summed E-state index contributed by atoms with van der Waals surface area (Å²) in [6, 6.07) is 12.5. The van der Waals surface area contributed by atoms with Crippen LogP contribution in [0.2, 0.25) is 0 Å². The minimum Gasteiger partial charge on any atom is -0.467 e. The number of hydrogen-bond acceptors (Lipinski definition) is 5. The van der Waals surface area contributed by atoms with Crippen LogP contribution in [0, 0.1) is 0 Å². The predicted molar refractivity (Wildman–Crippen MR) is 135 cm³/mol. The highest BCUT2D eigenvalue weighted by Crippen LogP contribution is 2.15. The Balaban J connectivity index is 1.56. The quantitative estimate of drug-likeness (QED) is 0.405. The number of benzene rings is 1. The first-order chi connectivity index (χ1) is 17.2. The standard InChI is InChI=1S/C27H29N5O4/c1-18(2)31-16-22(26(34)29-19(3)24-7-5-14-36-24)25(33)23(17-31)27(35)30(4)15-20-8-10-21(11-9-20)32-13-6-12-28-32/h5-14,16-19H,15H2,1-4H3,(H,29,34)/t19-/m1/s1. The molecule has 4 aromatic rings. The third-order valence-corrected chi connectivity index (χ3v) is 5.91. The molecule has 0 saturated heterocycles. The average Bonchev–Trinajstić information content (AvgIpc) is 3.59. The molecule has 0 bridgehead atoms. The lowest BCUT2D eigenvalue weighted by molar-refractivity contribution is 0.0782. The van der Waals surface area contributed by atoms with E-state index in [0.29, 0.717) is 12.3 Å². The molecule has 1 aromatic carbocycles. The number of carbonyl (C=O) groups is 2. The summed E-state index contributed by atoms with van der Waals surface area (Å²) in [4.78, 5) is 41.1. The van der Waals surface area contributed by atoms with Gasteiger partial charge in [-0.05, 0) is 56.7 Å². The molecule has 0 unspecified atom stereocenters. The van der Waals surface area contributed by atoms with Gasteiger partial charge in [-0.15, -0.1) is 0 Å². The van der Waals surface area contributed by atoms with Crippen LogP contribution in [0.1, 0.15) is 64.9 Å². The van der Waals surface area contributed by atoms with Crippen molar-refractivity contribution in [2.75, 3.05) is 7.05 Å². The number of rotatable bonds is 8. The van der Waals surface area contributed by atoms with E-state index in [2.05, 4.69) is 10.4 Å². The summed E-state index contributed by atoms with van der Waals surface area (Å²) >= 11 is 0. The molecule has 3 heterocycles. The van der Waals surface area contributed by atoms with Gasteiger partial charge >= 0.3 is 0 Å². The van der Waals surface area contributed by atoms with E-state index in [0.717, 1.165) is 11.3 Å². The summed E-state index contributed by atoms with van der Waals surface area (Å²) in [6.45, 7) is 5.89. The van der Waals surface area contributed by atoms with Crippen LogP contribution in [0.3, 0.4) is 0 Å². The molecule has 1 atom stereocenters. The molecule has 1 N–H and O–H groups in total. The SMILES string of the molecule is CC(C)n1cc(C(=O)N[C@H](C)c2ccco2)c(=O)c(C(=O)N(C)Cc2ccc(-n3cccn3)cc2)c1. The molecule has 0 radical (unpaired) electrons. The summed E-state index contributed by atoms with van der Waals surface area (Å²) in [5.74, 6) is -0.456. The zero-order chi connectivity index (χ0) is 25.8. The van der Waals surface area contributed by atoms with E-state index in [4.69, 9.17) is 4.42 Å². The molecule has 0 aliphatic heterocycles. The molecule has 9 nitrogen and oxygen atoms in total. The fraction of sp³-hybridized carbons (Fsp3) is 0.259. The van der Waals surface area contributed by atoms with Crippen LogP contribution in [-0.2, 0) is 6.54 Å². The van der Waals surface area contributed by atoms with Gasteiger partial charge in [0.05, 0.1) is 18.0 Å². The van der Waals surface area contributed by atoms with Crippen molar-refractivity contribution < 1.29 is 14.0 Å². The van der Waals surface area contributed by atoms with Crippen molar-refractivity contribution >= 4 is 11.8 Å². The van der Waals surface area contributed by atoms with Gasteiger partial charge < -0.3 is 19.2 Å². The molecule has 0 fully saturated rings. The first-order valence-electron chi connectivity index (χ1n) is 11.7. The smallest absolute Gasteiger partial charge is 0.259 e. The highest BCUT2D eigenvalue weighted by molar-refractivity contribution is 5.99. The molecule has 4 rings (SSSR count). The number of carbonyl (C=O) groups excluding carboxylic acids is 2. The summed E-state index contributed by atoms with van der Waals surface area (Å²) in [7, 11) is 1.63. The fourth-order valence-corrected chi connectivity index (χ4v) is 3.82. The van der Waals surface area contributed by atoms with E-state index in [1.54, 1.807) is 41.5 Å². The van der Waals surface area contributed by atoms with Gasteiger partial charge in [0.25, 0.3) is 11.8 Å². The number of pyridine rings is 1. The summed E-state index contributed by atoms with van der Waals surface area (Å²) < 4.78 is 8.79. The molecule has 9 heteroatoms. The normalized spacial score (nSPS) is 11.9. The van der Waals surface area contributed by atoms with Crippen LogP contribution in [0.15, 0.2) is 82.7 Å². The Hall–Kier alpha value is -4.40. The summed E-state index contributed by atoms with van der Waals surface area (Å²) in [5, 5.41) is 6.99. The Labute approximate surface area is 209 Å². The zero-order valence-electron chi connectivity index (χ0n) is 20.7. The van der Waals surface area contributed by atoms with Gasteiger partial charge in [0.2, 0.25) is 5.43 Å². The lowest BCUT2D eigenvalue weighted by Gasteiger charge is -2.20. The maximum Gasteiger partial charge on any atom is 0.259 e. The second kappa shape index (κ2) is 10.5. The van der Waals surface area contributed by atoms with Crippen molar-refractivity contribution in [2.45, 2.75) is 39.4 Å². The second-order valence-electron chi connectivity index (χ2n) is 8.94. The van der Waals surface area contributed by atoms with Crippen molar-refractivity contribution in [1.82, 2.24) is 24.6 Å². The fourth-order valence-electron chi connectivity index (χ4n) is 3.82. The van der Waals surface area contributed by atoms with E-state index in [1.807, 2.05) is 50.4 Å². The van der Waals surface area contributed by atoms with E-state index in [-0.39, 0.29) is 17.2 Å². The Morgan fingerprint density at radius 1 is 1.06 bits per heavy atom. The van der Waals surface area contributed by atoms with Crippen LogP contribution < -0.4 is 10.7 Å². The first-order valence-corrected chi connectivity index (χ1v) is 11.7. The van der Waals surface area contributed by atoms with Crippen molar-refractivity contribution in [3.8, 4) is 5.69 Å². The average molecular weight is 488 g/mol. The first kappa shape index (κ1) is 24.7. The van der Waals surface area contributed by atoms with E-state index >= 15 is 0 Å².